The fourth-order valence-corrected chi connectivity index (χ4v) is 3.08. The first-order chi connectivity index (χ1) is 10.0. The Morgan fingerprint density at radius 1 is 1.38 bits per heavy atom. The number of hydrogen-bond donors (Lipinski definition) is 1. The second kappa shape index (κ2) is 5.60. The largest absolute Gasteiger partial charge is 0.295 e. The van der Waals surface area contributed by atoms with Crippen molar-refractivity contribution in [2.75, 3.05) is 13.1 Å². The lowest BCUT2D eigenvalue weighted by Gasteiger charge is -2.32. The van der Waals surface area contributed by atoms with Crippen LogP contribution in [0.15, 0.2) is 18.6 Å². The molecule has 3 heterocycles. The Kier molecular flexibility index (Phi) is 3.80. The smallest absolute Gasteiger partial charge is 0.141 e. The number of nitrogens with zero attached hydrogens (tertiary/aromatic N) is 5. The van der Waals surface area contributed by atoms with E-state index in [0.29, 0.717) is 5.92 Å². The third-order valence-corrected chi connectivity index (χ3v) is 4.09. The Hall–Kier alpha value is -1.69. The van der Waals surface area contributed by atoms with Gasteiger partial charge in [0.1, 0.15) is 12.2 Å². The summed E-state index contributed by atoms with van der Waals surface area (Å²) in [5, 5.41) is 11.6. The molecule has 2 aromatic rings. The van der Waals surface area contributed by atoms with Gasteiger partial charge in [-0.25, -0.2) is 9.67 Å². The molecule has 1 atom stereocenters. The van der Waals surface area contributed by atoms with Gasteiger partial charge in [0.15, 0.2) is 0 Å². The molecule has 0 aromatic carbocycles. The van der Waals surface area contributed by atoms with E-state index in [4.69, 9.17) is 0 Å². The maximum absolute atomic E-state index is 4.45. The van der Waals surface area contributed by atoms with E-state index >= 15 is 0 Å². The molecule has 0 saturated carbocycles. The zero-order valence-corrected chi connectivity index (χ0v) is 13.1. The first kappa shape index (κ1) is 14.3. The lowest BCUT2D eigenvalue weighted by atomic mass is 9.95. The molecule has 114 valence electrons. The highest BCUT2D eigenvalue weighted by molar-refractivity contribution is 5.07. The van der Waals surface area contributed by atoms with Crippen molar-refractivity contribution in [3.63, 3.8) is 0 Å². The van der Waals surface area contributed by atoms with Crippen molar-refractivity contribution >= 4 is 0 Å². The van der Waals surface area contributed by atoms with Crippen molar-refractivity contribution in [1.29, 1.82) is 0 Å². The summed E-state index contributed by atoms with van der Waals surface area (Å²) < 4.78 is 2.03. The van der Waals surface area contributed by atoms with E-state index in [0.717, 1.165) is 25.5 Å². The van der Waals surface area contributed by atoms with Crippen molar-refractivity contribution < 1.29 is 0 Å². The minimum absolute atomic E-state index is 0.0234. The van der Waals surface area contributed by atoms with E-state index in [9.17, 15) is 0 Å². The first-order valence-corrected chi connectivity index (χ1v) is 7.65. The molecule has 0 radical (unpaired) electrons. The van der Waals surface area contributed by atoms with E-state index in [2.05, 4.69) is 52.0 Å². The van der Waals surface area contributed by atoms with Gasteiger partial charge in [0.25, 0.3) is 0 Å². The van der Waals surface area contributed by atoms with E-state index in [1.165, 1.54) is 18.5 Å². The maximum Gasteiger partial charge on any atom is 0.141 e. The molecule has 0 aliphatic carbocycles. The lowest BCUT2D eigenvalue weighted by molar-refractivity contribution is 0.185. The molecule has 1 aliphatic heterocycles. The lowest BCUT2D eigenvalue weighted by Crippen LogP contribution is -2.36. The molecule has 6 heteroatoms. The highest BCUT2D eigenvalue weighted by Gasteiger charge is 2.25. The molecule has 1 aliphatic rings. The average Bonchev–Trinajstić information content (AvgIpc) is 3.09. The summed E-state index contributed by atoms with van der Waals surface area (Å²) in [4.78, 5) is 6.93. The Balaban J connectivity index is 1.69. The van der Waals surface area contributed by atoms with E-state index in [1.54, 1.807) is 6.33 Å². The minimum Gasteiger partial charge on any atom is -0.295 e. The summed E-state index contributed by atoms with van der Waals surface area (Å²) in [6.45, 7) is 9.53. The molecule has 2 aromatic heterocycles. The molecule has 0 bridgehead atoms. The molecule has 1 fully saturated rings. The maximum atomic E-state index is 4.45. The Bertz CT molecular complexity index is 565. The minimum atomic E-state index is -0.0234. The van der Waals surface area contributed by atoms with Crippen LogP contribution >= 0.6 is 0 Å². The van der Waals surface area contributed by atoms with Gasteiger partial charge >= 0.3 is 0 Å². The predicted octanol–water partition coefficient (Wildman–Crippen LogP) is 2.14. The van der Waals surface area contributed by atoms with Crippen molar-refractivity contribution in [2.24, 2.45) is 0 Å². The van der Waals surface area contributed by atoms with Crippen LogP contribution in [0.2, 0.25) is 0 Å². The van der Waals surface area contributed by atoms with Gasteiger partial charge in [0, 0.05) is 24.4 Å². The van der Waals surface area contributed by atoms with Crippen molar-refractivity contribution in [3.8, 4) is 0 Å². The van der Waals surface area contributed by atoms with Crippen LogP contribution in [0.4, 0.5) is 0 Å². The van der Waals surface area contributed by atoms with Crippen molar-refractivity contribution in [1.82, 2.24) is 29.9 Å². The van der Waals surface area contributed by atoms with Gasteiger partial charge in [0.2, 0.25) is 0 Å². The topological polar surface area (TPSA) is 62.6 Å². The highest BCUT2D eigenvalue weighted by atomic mass is 15.4. The fraction of sp³-hybridized carbons (Fsp3) is 0.667. The molecule has 1 saturated heterocycles. The predicted molar refractivity (Wildman–Crippen MR) is 80.9 cm³/mol. The number of rotatable bonds is 3. The summed E-state index contributed by atoms with van der Waals surface area (Å²) in [6, 6.07) is 2.09. The Morgan fingerprint density at radius 3 is 2.95 bits per heavy atom. The molecule has 1 N–H and O–H groups in total. The SMILES string of the molecule is CC(C)(C)n1ncnc1CN1CCCC(c2ccn[nH]2)C1. The normalized spacial score (nSPS) is 20.8. The standard InChI is InChI=1S/C15H24N6/c1-15(2,3)21-14(16-11-18-21)10-20-8-4-5-12(9-20)13-6-7-17-19-13/h6-7,11-12H,4-5,8-10H2,1-3H3,(H,17,19). The van der Waals surface area contributed by atoms with Gasteiger partial charge in [-0.1, -0.05) is 0 Å². The number of aromatic amines is 1. The molecular weight excluding hydrogens is 264 g/mol. The van der Waals surface area contributed by atoms with Crippen LogP contribution in [0.3, 0.4) is 0 Å². The van der Waals surface area contributed by atoms with Gasteiger partial charge in [0.05, 0.1) is 12.1 Å². The quantitative estimate of drug-likeness (QED) is 0.940. The molecule has 0 amide bonds. The van der Waals surface area contributed by atoms with Crippen LogP contribution in [0, 0.1) is 0 Å². The van der Waals surface area contributed by atoms with Gasteiger partial charge in [-0.3, -0.25) is 10.00 Å². The van der Waals surface area contributed by atoms with Crippen molar-refractivity contribution in [2.45, 2.75) is 51.6 Å². The second-order valence-electron chi connectivity index (χ2n) is 6.85. The average molecular weight is 288 g/mol. The van der Waals surface area contributed by atoms with Crippen LogP contribution in [-0.2, 0) is 12.1 Å². The number of nitrogens with one attached hydrogen (secondary N) is 1. The number of H-pyrrole nitrogens is 1. The van der Waals surface area contributed by atoms with Crippen LogP contribution in [0.5, 0.6) is 0 Å². The van der Waals surface area contributed by atoms with Gasteiger partial charge in [-0.2, -0.15) is 10.2 Å². The van der Waals surface area contributed by atoms with Crippen LogP contribution in [0.1, 0.15) is 51.0 Å². The van der Waals surface area contributed by atoms with Gasteiger partial charge < -0.3 is 0 Å². The van der Waals surface area contributed by atoms with E-state index in [1.807, 2.05) is 10.9 Å². The summed E-state index contributed by atoms with van der Waals surface area (Å²) >= 11 is 0. The zero-order chi connectivity index (χ0) is 14.9. The molecule has 21 heavy (non-hydrogen) atoms. The molecule has 3 rings (SSSR count). The van der Waals surface area contributed by atoms with Crippen molar-refractivity contribution in [3.05, 3.63) is 30.1 Å². The third kappa shape index (κ3) is 3.15. The van der Waals surface area contributed by atoms with Crippen LogP contribution in [-0.4, -0.2) is 43.0 Å². The summed E-state index contributed by atoms with van der Waals surface area (Å²) in [6.07, 6.45) is 5.94. The number of hydrogen-bond acceptors (Lipinski definition) is 4. The van der Waals surface area contributed by atoms with E-state index in [-0.39, 0.29) is 5.54 Å². The summed E-state index contributed by atoms with van der Waals surface area (Å²) in [7, 11) is 0. The number of likely N-dealkylation sites (tertiary alicyclic amines) is 1. The monoisotopic (exact) mass is 288 g/mol. The summed E-state index contributed by atoms with van der Waals surface area (Å²) in [5.41, 5.74) is 1.22. The summed E-state index contributed by atoms with van der Waals surface area (Å²) in [5.74, 6) is 1.60. The molecular formula is C15H24N6. The highest BCUT2D eigenvalue weighted by Crippen LogP contribution is 2.26. The molecule has 1 unspecified atom stereocenters. The molecule has 0 spiro atoms. The van der Waals surface area contributed by atoms with Gasteiger partial charge in [-0.15, -0.1) is 0 Å². The fourth-order valence-electron chi connectivity index (χ4n) is 3.08. The van der Waals surface area contributed by atoms with Crippen LogP contribution < -0.4 is 0 Å². The Morgan fingerprint density at radius 2 is 2.24 bits per heavy atom. The second-order valence-corrected chi connectivity index (χ2v) is 6.85. The van der Waals surface area contributed by atoms with Crippen LogP contribution in [0.25, 0.3) is 0 Å². The zero-order valence-electron chi connectivity index (χ0n) is 13.1. The van der Waals surface area contributed by atoms with E-state index < -0.39 is 0 Å². The third-order valence-electron chi connectivity index (χ3n) is 4.09. The first-order valence-electron chi connectivity index (χ1n) is 7.65. The Labute approximate surface area is 125 Å². The number of aromatic nitrogens is 5. The van der Waals surface area contributed by atoms with Gasteiger partial charge in [-0.05, 0) is 46.2 Å². The number of piperidine rings is 1. The molecule has 6 nitrogen and oxygen atoms in total.